The second-order valence-electron chi connectivity index (χ2n) is 3.81. The molecular weight excluding hydrogens is 381 g/mol. The van der Waals surface area contributed by atoms with Gasteiger partial charge in [0, 0.05) is 9.50 Å². The third kappa shape index (κ3) is 2.96. The number of aryl methyl sites for hydroxylation is 1. The highest BCUT2D eigenvalue weighted by atomic mass is 79.9. The van der Waals surface area contributed by atoms with E-state index in [-0.39, 0.29) is 0 Å². The van der Waals surface area contributed by atoms with Crippen molar-refractivity contribution in [1.82, 2.24) is 4.98 Å². The maximum absolute atomic E-state index is 6.10. The molecule has 3 N–H and O–H groups in total. The monoisotopic (exact) mass is 389 g/mol. The second kappa shape index (κ2) is 5.47. The Morgan fingerprint density at radius 3 is 2.61 bits per heavy atom. The van der Waals surface area contributed by atoms with Gasteiger partial charge < -0.3 is 11.1 Å². The minimum Gasteiger partial charge on any atom is -0.397 e. The van der Waals surface area contributed by atoms with Gasteiger partial charge in [0.2, 0.25) is 0 Å². The molecule has 0 atom stereocenters. The summed E-state index contributed by atoms with van der Waals surface area (Å²) in [6, 6.07) is 5.60. The van der Waals surface area contributed by atoms with Crippen molar-refractivity contribution in [2.75, 3.05) is 11.1 Å². The van der Waals surface area contributed by atoms with E-state index < -0.39 is 0 Å². The molecule has 1 heterocycles. The van der Waals surface area contributed by atoms with Crippen LogP contribution in [0.4, 0.5) is 17.2 Å². The lowest BCUT2D eigenvalue weighted by Gasteiger charge is -2.11. The molecule has 1 aromatic carbocycles. The van der Waals surface area contributed by atoms with Crippen LogP contribution in [0.25, 0.3) is 0 Å². The molecule has 0 amide bonds. The standard InChI is InChI=1S/C12H10Br2ClN3/c1-6-2-8(13)11(4-10(6)15)18-12-9(14)3-7(16)5-17-12/h2-5H,16H2,1H3,(H,17,18). The first-order valence-electron chi connectivity index (χ1n) is 5.11. The van der Waals surface area contributed by atoms with Crippen LogP contribution in [-0.4, -0.2) is 4.98 Å². The van der Waals surface area contributed by atoms with Crippen LogP contribution in [0.2, 0.25) is 5.02 Å². The molecule has 2 rings (SSSR count). The molecule has 0 spiro atoms. The number of anilines is 3. The molecule has 0 aliphatic carbocycles. The molecule has 3 nitrogen and oxygen atoms in total. The van der Waals surface area contributed by atoms with Gasteiger partial charge in [-0.15, -0.1) is 0 Å². The van der Waals surface area contributed by atoms with Crippen molar-refractivity contribution in [2.24, 2.45) is 0 Å². The highest BCUT2D eigenvalue weighted by Gasteiger charge is 2.07. The highest BCUT2D eigenvalue weighted by Crippen LogP contribution is 2.33. The van der Waals surface area contributed by atoms with E-state index in [1.807, 2.05) is 19.1 Å². The summed E-state index contributed by atoms with van der Waals surface area (Å²) in [6.45, 7) is 1.95. The van der Waals surface area contributed by atoms with Gasteiger partial charge in [0.05, 0.1) is 22.0 Å². The van der Waals surface area contributed by atoms with Crippen LogP contribution < -0.4 is 11.1 Å². The van der Waals surface area contributed by atoms with E-state index in [0.29, 0.717) is 16.5 Å². The predicted octanol–water partition coefficient (Wildman–Crippen LogP) is 4.89. The molecule has 0 bridgehead atoms. The van der Waals surface area contributed by atoms with Crippen LogP contribution in [0.1, 0.15) is 5.56 Å². The largest absolute Gasteiger partial charge is 0.397 e. The van der Waals surface area contributed by atoms with Gasteiger partial charge >= 0.3 is 0 Å². The average molecular weight is 391 g/mol. The van der Waals surface area contributed by atoms with Crippen LogP contribution in [0, 0.1) is 6.92 Å². The van der Waals surface area contributed by atoms with E-state index in [1.54, 1.807) is 12.3 Å². The Hall–Kier alpha value is -0.780. The van der Waals surface area contributed by atoms with Crippen molar-refractivity contribution in [2.45, 2.75) is 6.92 Å². The Morgan fingerprint density at radius 2 is 1.94 bits per heavy atom. The summed E-state index contributed by atoms with van der Waals surface area (Å²) < 4.78 is 1.72. The van der Waals surface area contributed by atoms with E-state index in [9.17, 15) is 0 Å². The molecule has 6 heteroatoms. The summed E-state index contributed by atoms with van der Waals surface area (Å²) in [5.41, 5.74) is 8.11. The van der Waals surface area contributed by atoms with Gasteiger partial charge in [-0.05, 0) is 62.5 Å². The Labute approximate surface area is 127 Å². The SMILES string of the molecule is Cc1cc(Br)c(Nc2ncc(N)cc2Br)cc1Cl. The summed E-state index contributed by atoms with van der Waals surface area (Å²) in [6.07, 6.45) is 1.59. The van der Waals surface area contributed by atoms with E-state index in [1.165, 1.54) is 0 Å². The number of halogens is 3. The molecule has 94 valence electrons. The summed E-state index contributed by atoms with van der Waals surface area (Å²) in [5.74, 6) is 0.685. The van der Waals surface area contributed by atoms with Crippen LogP contribution in [0.3, 0.4) is 0 Å². The number of pyridine rings is 1. The number of benzene rings is 1. The zero-order valence-corrected chi connectivity index (χ0v) is 13.4. The van der Waals surface area contributed by atoms with Gasteiger partial charge in [-0.2, -0.15) is 0 Å². The maximum atomic E-state index is 6.10. The number of rotatable bonds is 2. The highest BCUT2D eigenvalue weighted by molar-refractivity contribution is 9.11. The van der Waals surface area contributed by atoms with Crippen molar-refractivity contribution in [3.05, 3.63) is 43.9 Å². The molecule has 0 unspecified atom stereocenters. The summed E-state index contributed by atoms with van der Waals surface area (Å²) >= 11 is 13.0. The molecule has 18 heavy (non-hydrogen) atoms. The van der Waals surface area contributed by atoms with Gasteiger partial charge in [-0.25, -0.2) is 4.98 Å². The normalized spacial score (nSPS) is 10.4. The Bertz CT molecular complexity index is 602. The molecule has 1 aromatic heterocycles. The van der Waals surface area contributed by atoms with Crippen molar-refractivity contribution in [3.8, 4) is 0 Å². The van der Waals surface area contributed by atoms with Gasteiger partial charge in [0.1, 0.15) is 5.82 Å². The first-order chi connectivity index (χ1) is 8.47. The summed E-state index contributed by atoms with van der Waals surface area (Å²) in [5, 5.41) is 3.89. The number of nitrogen functional groups attached to an aromatic ring is 1. The zero-order chi connectivity index (χ0) is 13.3. The maximum Gasteiger partial charge on any atom is 0.144 e. The number of hydrogen-bond donors (Lipinski definition) is 2. The first kappa shape index (κ1) is 13.6. The summed E-state index contributed by atoms with van der Waals surface area (Å²) in [7, 11) is 0. The van der Waals surface area contributed by atoms with Crippen LogP contribution >= 0.6 is 43.5 Å². The third-order valence-corrected chi connectivity index (χ3v) is 4.03. The third-order valence-electron chi connectivity index (χ3n) is 2.36. The lowest BCUT2D eigenvalue weighted by molar-refractivity contribution is 1.29. The van der Waals surface area contributed by atoms with Gasteiger partial charge in [-0.1, -0.05) is 11.6 Å². The zero-order valence-electron chi connectivity index (χ0n) is 9.47. The molecule has 0 saturated carbocycles. The fourth-order valence-electron chi connectivity index (χ4n) is 1.41. The van der Waals surface area contributed by atoms with Crippen LogP contribution in [0.5, 0.6) is 0 Å². The number of nitrogens with zero attached hydrogens (tertiary/aromatic N) is 1. The number of aromatic nitrogens is 1. The lowest BCUT2D eigenvalue weighted by atomic mass is 10.2. The molecule has 0 aliphatic rings. The Balaban J connectivity index is 2.37. The fourth-order valence-corrected chi connectivity index (χ4v) is 2.60. The van der Waals surface area contributed by atoms with Crippen LogP contribution in [0.15, 0.2) is 33.3 Å². The predicted molar refractivity (Wildman–Crippen MR) is 83.5 cm³/mol. The quantitative estimate of drug-likeness (QED) is 0.766. The molecule has 0 radical (unpaired) electrons. The van der Waals surface area contributed by atoms with Crippen molar-refractivity contribution in [1.29, 1.82) is 0 Å². The molecular formula is C12H10Br2ClN3. The minimum absolute atomic E-state index is 0.605. The minimum atomic E-state index is 0.605. The molecule has 0 aliphatic heterocycles. The number of nitrogens with one attached hydrogen (secondary N) is 1. The van der Waals surface area contributed by atoms with E-state index >= 15 is 0 Å². The Kier molecular flexibility index (Phi) is 4.14. The van der Waals surface area contributed by atoms with E-state index in [4.69, 9.17) is 17.3 Å². The average Bonchev–Trinajstić information content (AvgIpc) is 2.29. The van der Waals surface area contributed by atoms with Crippen molar-refractivity contribution in [3.63, 3.8) is 0 Å². The first-order valence-corrected chi connectivity index (χ1v) is 7.07. The van der Waals surface area contributed by atoms with Crippen molar-refractivity contribution < 1.29 is 0 Å². The molecule has 2 aromatic rings. The lowest BCUT2D eigenvalue weighted by Crippen LogP contribution is -1.97. The van der Waals surface area contributed by atoms with Gasteiger partial charge in [-0.3, -0.25) is 0 Å². The van der Waals surface area contributed by atoms with E-state index in [0.717, 1.165) is 20.2 Å². The smallest absolute Gasteiger partial charge is 0.144 e. The van der Waals surface area contributed by atoms with Crippen LogP contribution in [-0.2, 0) is 0 Å². The van der Waals surface area contributed by atoms with Gasteiger partial charge in [0.25, 0.3) is 0 Å². The fraction of sp³-hybridized carbons (Fsp3) is 0.0833. The van der Waals surface area contributed by atoms with Gasteiger partial charge in [0.15, 0.2) is 0 Å². The summed E-state index contributed by atoms with van der Waals surface area (Å²) in [4.78, 5) is 4.22. The molecule has 0 fully saturated rings. The van der Waals surface area contributed by atoms with E-state index in [2.05, 4.69) is 42.2 Å². The number of hydrogen-bond acceptors (Lipinski definition) is 3. The van der Waals surface area contributed by atoms with Crippen molar-refractivity contribution >= 4 is 60.7 Å². The second-order valence-corrected chi connectivity index (χ2v) is 5.92. The Morgan fingerprint density at radius 1 is 1.22 bits per heavy atom. The topological polar surface area (TPSA) is 50.9 Å². The number of nitrogens with two attached hydrogens (primary N) is 1. The molecule has 0 saturated heterocycles.